The quantitative estimate of drug-likeness (QED) is 0.695. The van der Waals surface area contributed by atoms with Crippen molar-refractivity contribution in [2.45, 2.75) is 32.0 Å². The zero-order chi connectivity index (χ0) is 18.1. The van der Waals surface area contributed by atoms with Crippen molar-refractivity contribution in [3.63, 3.8) is 0 Å². The van der Waals surface area contributed by atoms with Gasteiger partial charge in [0.05, 0.1) is 6.33 Å². The summed E-state index contributed by atoms with van der Waals surface area (Å²) >= 11 is 0. The largest absolute Gasteiger partial charge is 0.505 e. The number of benzene rings is 1. The average Bonchev–Trinajstić information content (AvgIpc) is 3.07. The van der Waals surface area contributed by atoms with E-state index in [1.165, 1.54) is 12.1 Å². The van der Waals surface area contributed by atoms with E-state index in [1.54, 1.807) is 10.9 Å². The van der Waals surface area contributed by atoms with Gasteiger partial charge in [-0.3, -0.25) is 4.57 Å². The molecule has 1 saturated heterocycles. The third-order valence-corrected chi connectivity index (χ3v) is 4.33. The third-order valence-electron chi connectivity index (χ3n) is 4.33. The minimum absolute atomic E-state index is 0.214. The number of anilines is 1. The van der Waals surface area contributed by atoms with Gasteiger partial charge in [0.1, 0.15) is 6.23 Å². The number of nitrogens with one attached hydrogen (secondary N) is 1. The topological polar surface area (TPSA) is 85.1 Å². The fraction of sp³-hybridized carbons (Fsp3) is 0.353. The van der Waals surface area contributed by atoms with E-state index in [-0.39, 0.29) is 18.6 Å². The van der Waals surface area contributed by atoms with Crippen LogP contribution in [-0.2, 0) is 11.3 Å². The van der Waals surface area contributed by atoms with E-state index in [2.05, 4.69) is 20.3 Å². The molecule has 7 nitrogen and oxygen atoms in total. The van der Waals surface area contributed by atoms with Crippen molar-refractivity contribution in [1.29, 1.82) is 0 Å². The Morgan fingerprint density at radius 3 is 2.92 bits per heavy atom. The van der Waals surface area contributed by atoms with Gasteiger partial charge in [0.2, 0.25) is 0 Å². The Morgan fingerprint density at radius 2 is 2.15 bits per heavy atom. The maximum atomic E-state index is 13.9. The van der Waals surface area contributed by atoms with Crippen molar-refractivity contribution >= 4 is 17.0 Å². The third kappa shape index (κ3) is 3.17. The normalized spacial score (nSPS) is 17.5. The number of aromatic hydroxyl groups is 1. The van der Waals surface area contributed by atoms with Crippen molar-refractivity contribution < 1.29 is 18.6 Å². The smallest absolute Gasteiger partial charge is 0.312 e. The summed E-state index contributed by atoms with van der Waals surface area (Å²) in [5.74, 6) is -0.914. The molecule has 1 fully saturated rings. The van der Waals surface area contributed by atoms with Crippen LogP contribution in [0.5, 0.6) is 5.75 Å². The summed E-state index contributed by atoms with van der Waals surface area (Å²) in [5.41, 5.74) is 1.40. The molecule has 3 heterocycles. The first-order valence-electron chi connectivity index (χ1n) is 8.35. The predicted molar refractivity (Wildman–Crippen MR) is 89.5 cm³/mol. The summed E-state index contributed by atoms with van der Waals surface area (Å²) in [5, 5.41) is 12.4. The molecule has 0 amide bonds. The summed E-state index contributed by atoms with van der Waals surface area (Å²) in [4.78, 5) is 11.9. The molecule has 0 radical (unpaired) electrons. The second-order valence-electron chi connectivity index (χ2n) is 6.13. The van der Waals surface area contributed by atoms with Crippen molar-refractivity contribution in [3.05, 3.63) is 42.0 Å². The van der Waals surface area contributed by atoms with E-state index in [4.69, 9.17) is 4.74 Å². The lowest BCUT2D eigenvalue weighted by Gasteiger charge is -2.23. The van der Waals surface area contributed by atoms with Crippen LogP contribution in [0, 0.1) is 11.9 Å². The molecule has 1 aliphatic rings. The van der Waals surface area contributed by atoms with Crippen LogP contribution < -0.4 is 5.32 Å². The molecule has 9 heteroatoms. The van der Waals surface area contributed by atoms with Crippen molar-refractivity contribution in [3.8, 4) is 5.75 Å². The van der Waals surface area contributed by atoms with Gasteiger partial charge in [-0.25, -0.2) is 9.37 Å². The molecule has 136 valence electrons. The Kier molecular flexibility index (Phi) is 4.37. The highest BCUT2D eigenvalue weighted by Gasteiger charge is 2.21. The average molecular weight is 361 g/mol. The summed E-state index contributed by atoms with van der Waals surface area (Å²) in [6, 6.07) is 3.98. The van der Waals surface area contributed by atoms with Crippen LogP contribution in [0.2, 0.25) is 0 Å². The van der Waals surface area contributed by atoms with E-state index in [9.17, 15) is 13.9 Å². The van der Waals surface area contributed by atoms with Gasteiger partial charge in [-0.05, 0) is 37.0 Å². The lowest BCUT2D eigenvalue weighted by atomic mass is 10.2. The molecule has 0 saturated carbocycles. The minimum Gasteiger partial charge on any atom is -0.505 e. The number of nitrogens with zero attached hydrogens (tertiary/aromatic N) is 4. The molecule has 2 aromatic heterocycles. The van der Waals surface area contributed by atoms with Crippen LogP contribution in [0.3, 0.4) is 0 Å². The summed E-state index contributed by atoms with van der Waals surface area (Å²) in [6.45, 7) is 0.864. The molecule has 2 N–H and O–H groups in total. The van der Waals surface area contributed by atoms with Gasteiger partial charge in [-0.1, -0.05) is 6.07 Å². The van der Waals surface area contributed by atoms with Crippen LogP contribution in [0.1, 0.15) is 31.1 Å². The van der Waals surface area contributed by atoms with E-state index in [0.29, 0.717) is 23.3 Å². The first kappa shape index (κ1) is 16.6. The Bertz CT molecular complexity index is 940. The maximum Gasteiger partial charge on any atom is 0.312 e. The monoisotopic (exact) mass is 361 g/mol. The molecule has 0 bridgehead atoms. The van der Waals surface area contributed by atoms with Gasteiger partial charge >= 0.3 is 6.08 Å². The first-order valence-corrected chi connectivity index (χ1v) is 8.35. The predicted octanol–water partition coefficient (Wildman–Crippen LogP) is 3.12. The Morgan fingerprint density at radius 1 is 1.27 bits per heavy atom. The molecule has 0 spiro atoms. The van der Waals surface area contributed by atoms with Gasteiger partial charge < -0.3 is 15.2 Å². The highest BCUT2D eigenvalue weighted by Crippen LogP contribution is 2.28. The zero-order valence-electron chi connectivity index (χ0n) is 13.8. The molecule has 1 aliphatic heterocycles. The van der Waals surface area contributed by atoms with E-state index in [0.717, 1.165) is 25.3 Å². The Labute approximate surface area is 147 Å². The minimum atomic E-state index is -0.875. The number of imidazole rings is 1. The Hall–Kier alpha value is -2.81. The molecule has 1 aromatic carbocycles. The van der Waals surface area contributed by atoms with E-state index in [1.807, 2.05) is 0 Å². The standard InChI is InChI=1S/C17H17F2N5O2/c18-11-5-4-10(7-12(11)25)8-20-15-14-16(23-17(19)22-15)24(9-21-14)13-3-1-2-6-26-13/h4-5,7,9,13,25H,1-3,6,8H2,(H,20,22,23). The summed E-state index contributed by atoms with van der Waals surface area (Å²) in [7, 11) is 0. The zero-order valence-corrected chi connectivity index (χ0v) is 13.8. The van der Waals surface area contributed by atoms with Crippen LogP contribution in [0.4, 0.5) is 14.6 Å². The van der Waals surface area contributed by atoms with Crippen molar-refractivity contribution in [2.75, 3.05) is 11.9 Å². The number of hydrogen-bond donors (Lipinski definition) is 2. The molecule has 3 aromatic rings. The number of phenols is 1. The van der Waals surface area contributed by atoms with Crippen LogP contribution in [0.15, 0.2) is 24.5 Å². The molecule has 0 aliphatic carbocycles. The number of fused-ring (bicyclic) bond motifs is 1. The van der Waals surface area contributed by atoms with E-state index >= 15 is 0 Å². The summed E-state index contributed by atoms with van der Waals surface area (Å²) < 4.78 is 34.5. The number of ether oxygens (including phenoxy) is 1. The number of hydrogen-bond acceptors (Lipinski definition) is 6. The van der Waals surface area contributed by atoms with Gasteiger partial charge in [0, 0.05) is 13.2 Å². The highest BCUT2D eigenvalue weighted by atomic mass is 19.1. The molecular formula is C17H17F2N5O2. The van der Waals surface area contributed by atoms with Gasteiger partial charge in [-0.15, -0.1) is 0 Å². The fourth-order valence-electron chi connectivity index (χ4n) is 3.02. The van der Waals surface area contributed by atoms with Crippen molar-refractivity contribution in [1.82, 2.24) is 19.5 Å². The molecule has 1 unspecified atom stereocenters. The SMILES string of the molecule is Oc1cc(CNc2nc(F)nc3c2ncn3C2CCCCO2)ccc1F. The number of aromatic nitrogens is 4. The second kappa shape index (κ2) is 6.83. The van der Waals surface area contributed by atoms with Gasteiger partial charge in [0.15, 0.2) is 28.5 Å². The van der Waals surface area contributed by atoms with Crippen LogP contribution in [-0.4, -0.2) is 31.2 Å². The second-order valence-corrected chi connectivity index (χ2v) is 6.13. The lowest BCUT2D eigenvalue weighted by Crippen LogP contribution is -2.18. The highest BCUT2D eigenvalue weighted by molar-refractivity contribution is 5.82. The van der Waals surface area contributed by atoms with Gasteiger partial charge in [-0.2, -0.15) is 14.4 Å². The van der Waals surface area contributed by atoms with Gasteiger partial charge in [0.25, 0.3) is 0 Å². The number of rotatable bonds is 4. The summed E-state index contributed by atoms with van der Waals surface area (Å²) in [6.07, 6.45) is 3.32. The Balaban J connectivity index is 1.62. The molecule has 1 atom stereocenters. The molecule has 4 rings (SSSR count). The van der Waals surface area contributed by atoms with Crippen LogP contribution in [0.25, 0.3) is 11.2 Å². The maximum absolute atomic E-state index is 13.9. The van der Waals surface area contributed by atoms with Crippen LogP contribution >= 0.6 is 0 Å². The first-order chi connectivity index (χ1) is 12.6. The lowest BCUT2D eigenvalue weighted by molar-refractivity contribution is -0.0298. The number of halogens is 2. The number of phenolic OH excluding ortho intramolecular Hbond substituents is 1. The molecule has 26 heavy (non-hydrogen) atoms. The van der Waals surface area contributed by atoms with E-state index < -0.39 is 17.6 Å². The molecular weight excluding hydrogens is 344 g/mol. The van der Waals surface area contributed by atoms with Crippen molar-refractivity contribution in [2.24, 2.45) is 0 Å². The fourth-order valence-corrected chi connectivity index (χ4v) is 3.02.